The van der Waals surface area contributed by atoms with Crippen LogP contribution in [0.3, 0.4) is 0 Å². The molecule has 2 heterocycles. The van der Waals surface area contributed by atoms with E-state index in [0.717, 1.165) is 49.8 Å². The van der Waals surface area contributed by atoms with Gasteiger partial charge in [-0.3, -0.25) is 4.90 Å². The lowest BCUT2D eigenvalue weighted by Gasteiger charge is -2.26. The van der Waals surface area contributed by atoms with E-state index in [2.05, 4.69) is 46.4 Å². The summed E-state index contributed by atoms with van der Waals surface area (Å²) in [6.07, 6.45) is 1.86. The molecule has 0 unspecified atom stereocenters. The topological polar surface area (TPSA) is 41.1 Å². The summed E-state index contributed by atoms with van der Waals surface area (Å²) >= 11 is 0. The van der Waals surface area contributed by atoms with Crippen LogP contribution in [0.5, 0.6) is 0 Å². The maximum atomic E-state index is 4.69. The number of hydrogen-bond donors (Lipinski definition) is 1. The highest BCUT2D eigenvalue weighted by Gasteiger charge is 2.11. The molecular formula is C16H20N4. The molecule has 20 heavy (non-hydrogen) atoms. The van der Waals surface area contributed by atoms with Crippen molar-refractivity contribution in [1.82, 2.24) is 20.2 Å². The third kappa shape index (κ3) is 3.21. The number of piperazine rings is 1. The first kappa shape index (κ1) is 13.2. The summed E-state index contributed by atoms with van der Waals surface area (Å²) in [4.78, 5) is 11.5. The Balaban J connectivity index is 1.76. The normalized spacial score (nSPS) is 16.2. The van der Waals surface area contributed by atoms with Crippen LogP contribution in [0.1, 0.15) is 11.4 Å². The Hall–Kier alpha value is -1.78. The van der Waals surface area contributed by atoms with E-state index in [1.54, 1.807) is 0 Å². The maximum absolute atomic E-state index is 4.69. The summed E-state index contributed by atoms with van der Waals surface area (Å²) in [6.45, 7) is 7.17. The van der Waals surface area contributed by atoms with Gasteiger partial charge < -0.3 is 5.32 Å². The predicted octanol–water partition coefficient (Wildman–Crippen LogP) is 1.86. The minimum Gasteiger partial charge on any atom is -0.314 e. The molecular weight excluding hydrogens is 248 g/mol. The van der Waals surface area contributed by atoms with Crippen molar-refractivity contribution < 1.29 is 0 Å². The summed E-state index contributed by atoms with van der Waals surface area (Å²) in [5, 5.41) is 3.36. The number of nitrogens with zero attached hydrogens (tertiary/aromatic N) is 3. The van der Waals surface area contributed by atoms with Crippen molar-refractivity contribution in [2.45, 2.75) is 13.5 Å². The number of benzene rings is 1. The Bertz CT molecular complexity index is 559. The average Bonchev–Trinajstić information content (AvgIpc) is 2.49. The second-order valence-corrected chi connectivity index (χ2v) is 5.25. The van der Waals surface area contributed by atoms with Crippen molar-refractivity contribution >= 4 is 0 Å². The first-order valence-corrected chi connectivity index (χ1v) is 7.13. The summed E-state index contributed by atoms with van der Waals surface area (Å²) in [5.74, 6) is 0.907. The molecule has 4 heteroatoms. The molecule has 1 aliphatic rings. The van der Waals surface area contributed by atoms with Gasteiger partial charge in [-0.05, 0) is 13.0 Å². The van der Waals surface area contributed by atoms with E-state index in [4.69, 9.17) is 4.98 Å². The van der Waals surface area contributed by atoms with Crippen LogP contribution in [0.15, 0.2) is 36.5 Å². The first-order chi connectivity index (χ1) is 9.81. The smallest absolute Gasteiger partial charge is 0.142 e. The Kier molecular flexibility index (Phi) is 4.04. The van der Waals surface area contributed by atoms with E-state index in [0.29, 0.717) is 0 Å². The van der Waals surface area contributed by atoms with Gasteiger partial charge in [-0.15, -0.1) is 0 Å². The minimum atomic E-state index is 0.835. The van der Waals surface area contributed by atoms with Gasteiger partial charge in [0, 0.05) is 37.9 Å². The minimum absolute atomic E-state index is 0.835. The van der Waals surface area contributed by atoms with E-state index in [1.165, 1.54) is 5.56 Å². The molecule has 1 aromatic carbocycles. The number of hydrogen-bond acceptors (Lipinski definition) is 4. The number of aryl methyl sites for hydroxylation is 1. The van der Waals surface area contributed by atoms with E-state index >= 15 is 0 Å². The van der Waals surface area contributed by atoms with Crippen molar-refractivity contribution in [3.63, 3.8) is 0 Å². The van der Waals surface area contributed by atoms with E-state index < -0.39 is 0 Å². The fourth-order valence-corrected chi connectivity index (χ4v) is 2.43. The van der Waals surface area contributed by atoms with Crippen molar-refractivity contribution in [2.75, 3.05) is 26.2 Å². The van der Waals surface area contributed by atoms with Gasteiger partial charge in [-0.2, -0.15) is 0 Å². The molecule has 1 N–H and O–H groups in total. The van der Waals surface area contributed by atoms with Gasteiger partial charge in [0.15, 0.2) is 0 Å². The highest BCUT2D eigenvalue weighted by atomic mass is 15.2. The number of rotatable bonds is 3. The van der Waals surface area contributed by atoms with Crippen LogP contribution in [-0.2, 0) is 6.54 Å². The largest absolute Gasteiger partial charge is 0.314 e. The lowest BCUT2D eigenvalue weighted by molar-refractivity contribution is 0.228. The van der Waals surface area contributed by atoms with Crippen LogP contribution in [-0.4, -0.2) is 41.0 Å². The van der Waals surface area contributed by atoms with Gasteiger partial charge in [0.1, 0.15) is 5.82 Å². The predicted molar refractivity (Wildman–Crippen MR) is 80.4 cm³/mol. The Morgan fingerprint density at radius 3 is 2.60 bits per heavy atom. The Labute approximate surface area is 119 Å². The SMILES string of the molecule is Cc1ccc(-c2ccnc(CN3CCNCC3)n2)cc1. The fourth-order valence-electron chi connectivity index (χ4n) is 2.43. The molecule has 1 saturated heterocycles. The molecule has 0 amide bonds. The first-order valence-electron chi connectivity index (χ1n) is 7.13. The highest BCUT2D eigenvalue weighted by Crippen LogP contribution is 2.17. The quantitative estimate of drug-likeness (QED) is 0.922. The molecule has 1 fully saturated rings. The lowest BCUT2D eigenvalue weighted by Crippen LogP contribution is -2.43. The summed E-state index contributed by atoms with van der Waals surface area (Å²) < 4.78 is 0. The van der Waals surface area contributed by atoms with Crippen LogP contribution in [0, 0.1) is 6.92 Å². The number of aromatic nitrogens is 2. The van der Waals surface area contributed by atoms with Gasteiger partial charge in [0.05, 0.1) is 12.2 Å². The van der Waals surface area contributed by atoms with Crippen LogP contribution in [0.25, 0.3) is 11.3 Å². The zero-order valence-corrected chi connectivity index (χ0v) is 11.8. The molecule has 0 aliphatic carbocycles. The molecule has 3 rings (SSSR count). The van der Waals surface area contributed by atoms with Crippen LogP contribution >= 0.6 is 0 Å². The third-order valence-corrected chi connectivity index (χ3v) is 3.63. The van der Waals surface area contributed by atoms with Crippen LogP contribution in [0.2, 0.25) is 0 Å². The molecule has 0 spiro atoms. The van der Waals surface area contributed by atoms with Gasteiger partial charge in [-0.1, -0.05) is 29.8 Å². The molecule has 0 radical (unpaired) electrons. The Morgan fingerprint density at radius 2 is 1.85 bits per heavy atom. The molecule has 2 aromatic rings. The maximum Gasteiger partial charge on any atom is 0.142 e. The summed E-state index contributed by atoms with van der Waals surface area (Å²) in [5.41, 5.74) is 3.42. The van der Waals surface area contributed by atoms with E-state index in [9.17, 15) is 0 Å². The zero-order valence-electron chi connectivity index (χ0n) is 11.8. The van der Waals surface area contributed by atoms with Crippen LogP contribution in [0.4, 0.5) is 0 Å². The molecule has 1 aromatic heterocycles. The molecule has 0 atom stereocenters. The Morgan fingerprint density at radius 1 is 1.10 bits per heavy atom. The van der Waals surface area contributed by atoms with Gasteiger partial charge >= 0.3 is 0 Å². The molecule has 0 saturated carbocycles. The van der Waals surface area contributed by atoms with E-state index in [-0.39, 0.29) is 0 Å². The van der Waals surface area contributed by atoms with Gasteiger partial charge in [0.2, 0.25) is 0 Å². The standard InChI is InChI=1S/C16H20N4/c1-13-2-4-14(5-3-13)15-6-7-18-16(19-15)12-20-10-8-17-9-11-20/h2-7,17H,8-12H2,1H3. The monoisotopic (exact) mass is 268 g/mol. The second-order valence-electron chi connectivity index (χ2n) is 5.25. The van der Waals surface area contributed by atoms with Crippen molar-refractivity contribution in [1.29, 1.82) is 0 Å². The number of nitrogens with one attached hydrogen (secondary N) is 1. The third-order valence-electron chi connectivity index (χ3n) is 3.63. The molecule has 0 bridgehead atoms. The molecule has 1 aliphatic heterocycles. The van der Waals surface area contributed by atoms with Gasteiger partial charge in [-0.25, -0.2) is 9.97 Å². The van der Waals surface area contributed by atoms with Gasteiger partial charge in [0.25, 0.3) is 0 Å². The van der Waals surface area contributed by atoms with Crippen molar-refractivity contribution in [2.24, 2.45) is 0 Å². The van der Waals surface area contributed by atoms with Crippen molar-refractivity contribution in [3.8, 4) is 11.3 Å². The lowest BCUT2D eigenvalue weighted by atomic mass is 10.1. The fraction of sp³-hybridized carbons (Fsp3) is 0.375. The molecule has 4 nitrogen and oxygen atoms in total. The van der Waals surface area contributed by atoms with Crippen LogP contribution < -0.4 is 5.32 Å². The van der Waals surface area contributed by atoms with E-state index in [1.807, 2.05) is 12.3 Å². The summed E-state index contributed by atoms with van der Waals surface area (Å²) in [6, 6.07) is 10.4. The average molecular weight is 268 g/mol. The second kappa shape index (κ2) is 6.11. The summed E-state index contributed by atoms with van der Waals surface area (Å²) in [7, 11) is 0. The highest BCUT2D eigenvalue weighted by molar-refractivity contribution is 5.58. The van der Waals surface area contributed by atoms with Crippen molar-refractivity contribution in [3.05, 3.63) is 47.9 Å². The zero-order chi connectivity index (χ0) is 13.8. The molecule has 104 valence electrons.